The SMILES string of the molecule is Cc1cccnc1.F[B-](F)(F)F. The molecule has 0 aliphatic heterocycles. The summed E-state index contributed by atoms with van der Waals surface area (Å²) in [6.45, 7) is 2.02. The topological polar surface area (TPSA) is 12.9 Å². The summed E-state index contributed by atoms with van der Waals surface area (Å²) in [5.41, 5.74) is 1.21. The van der Waals surface area contributed by atoms with Crippen LogP contribution in [0.3, 0.4) is 0 Å². The molecule has 1 nitrogen and oxygen atoms in total. The van der Waals surface area contributed by atoms with E-state index in [1.165, 1.54) is 5.56 Å². The van der Waals surface area contributed by atoms with Gasteiger partial charge in [-0.15, -0.1) is 0 Å². The monoisotopic (exact) mass is 180 g/mol. The van der Waals surface area contributed by atoms with Crippen molar-refractivity contribution in [3.8, 4) is 0 Å². The highest BCUT2D eigenvalue weighted by molar-refractivity contribution is 6.50. The zero-order valence-corrected chi connectivity index (χ0v) is 6.35. The highest BCUT2D eigenvalue weighted by Gasteiger charge is 2.20. The standard InChI is InChI=1S/C6H7N.BF4/c1-6-3-2-4-7-5-6;2-1(3,4)5/h2-5H,1H3;/q;-1. The highest BCUT2D eigenvalue weighted by atomic mass is 19.5. The molecule has 0 fully saturated rings. The second kappa shape index (κ2) is 4.74. The average molecular weight is 180 g/mol. The number of halogens is 4. The minimum Gasteiger partial charge on any atom is -0.418 e. The fourth-order valence-electron chi connectivity index (χ4n) is 0.448. The predicted octanol–water partition coefficient (Wildman–Crippen LogP) is 2.69. The molecule has 0 N–H and O–H groups in total. The van der Waals surface area contributed by atoms with Crippen molar-refractivity contribution in [2.75, 3.05) is 0 Å². The van der Waals surface area contributed by atoms with Gasteiger partial charge in [0.15, 0.2) is 0 Å². The predicted molar refractivity (Wildman–Crippen MR) is 39.2 cm³/mol. The minimum atomic E-state index is -6.00. The van der Waals surface area contributed by atoms with Crippen molar-refractivity contribution < 1.29 is 17.3 Å². The molecule has 0 unspecified atom stereocenters. The molecule has 1 aromatic heterocycles. The molecule has 0 aromatic carbocycles. The Morgan fingerprint density at radius 3 is 1.92 bits per heavy atom. The van der Waals surface area contributed by atoms with E-state index >= 15 is 0 Å². The summed E-state index contributed by atoms with van der Waals surface area (Å²) in [6, 6.07) is 3.95. The number of hydrogen-bond acceptors (Lipinski definition) is 1. The number of hydrogen-bond donors (Lipinski definition) is 0. The first-order valence-corrected chi connectivity index (χ1v) is 3.13. The maximum absolute atomic E-state index is 9.75. The Balaban J connectivity index is 0.000000217. The highest BCUT2D eigenvalue weighted by Crippen LogP contribution is 2.06. The molecule has 12 heavy (non-hydrogen) atoms. The maximum Gasteiger partial charge on any atom is 0.673 e. The van der Waals surface area contributed by atoms with E-state index in [2.05, 4.69) is 4.98 Å². The number of rotatable bonds is 0. The molecule has 0 saturated heterocycles. The molecular formula is C6H7BF4N-. The van der Waals surface area contributed by atoms with Gasteiger partial charge in [-0.3, -0.25) is 4.98 Å². The van der Waals surface area contributed by atoms with Gasteiger partial charge < -0.3 is 17.3 Å². The van der Waals surface area contributed by atoms with Gasteiger partial charge >= 0.3 is 7.25 Å². The molecular weight excluding hydrogens is 173 g/mol. The molecule has 68 valence electrons. The molecule has 0 spiro atoms. The number of pyridine rings is 1. The van der Waals surface area contributed by atoms with Crippen LogP contribution in [-0.2, 0) is 0 Å². The summed E-state index contributed by atoms with van der Waals surface area (Å²) in [4.78, 5) is 3.88. The van der Waals surface area contributed by atoms with Crippen molar-refractivity contribution >= 4 is 7.25 Å². The largest absolute Gasteiger partial charge is 0.673 e. The molecule has 6 heteroatoms. The van der Waals surface area contributed by atoms with Crippen molar-refractivity contribution in [1.82, 2.24) is 4.98 Å². The molecule has 0 aliphatic carbocycles. The van der Waals surface area contributed by atoms with Gasteiger partial charge in [0.25, 0.3) is 0 Å². The van der Waals surface area contributed by atoms with Gasteiger partial charge in [0, 0.05) is 12.4 Å². The van der Waals surface area contributed by atoms with Crippen molar-refractivity contribution in [3.63, 3.8) is 0 Å². The van der Waals surface area contributed by atoms with E-state index < -0.39 is 7.25 Å². The summed E-state index contributed by atoms with van der Waals surface area (Å²) >= 11 is 0. The van der Waals surface area contributed by atoms with Crippen LogP contribution < -0.4 is 0 Å². The Hall–Kier alpha value is -1.07. The number of aromatic nitrogens is 1. The van der Waals surface area contributed by atoms with Crippen LogP contribution in [0.1, 0.15) is 5.56 Å². The first kappa shape index (κ1) is 10.9. The van der Waals surface area contributed by atoms with Crippen LogP contribution in [-0.4, -0.2) is 12.2 Å². The van der Waals surface area contributed by atoms with Crippen molar-refractivity contribution in [3.05, 3.63) is 30.1 Å². The van der Waals surface area contributed by atoms with E-state index in [1.54, 1.807) is 6.20 Å². The summed E-state index contributed by atoms with van der Waals surface area (Å²) in [5.74, 6) is 0. The molecule has 0 bridgehead atoms. The van der Waals surface area contributed by atoms with E-state index in [4.69, 9.17) is 0 Å². The lowest BCUT2D eigenvalue weighted by Gasteiger charge is -1.94. The van der Waals surface area contributed by atoms with Crippen LogP contribution in [0.25, 0.3) is 0 Å². The van der Waals surface area contributed by atoms with E-state index in [0.717, 1.165) is 0 Å². The Morgan fingerprint density at radius 1 is 1.25 bits per heavy atom. The van der Waals surface area contributed by atoms with Gasteiger partial charge in [0.2, 0.25) is 0 Å². The lowest BCUT2D eigenvalue weighted by molar-refractivity contribution is 0.368. The summed E-state index contributed by atoms with van der Waals surface area (Å²) < 4.78 is 39.0. The van der Waals surface area contributed by atoms with Crippen molar-refractivity contribution in [1.29, 1.82) is 0 Å². The number of aryl methyl sites for hydroxylation is 1. The Kier molecular flexibility index (Phi) is 4.32. The zero-order chi connectivity index (χ0) is 9.61. The molecule has 0 aliphatic rings. The third kappa shape index (κ3) is 11.7. The van der Waals surface area contributed by atoms with E-state index in [-0.39, 0.29) is 0 Å². The summed E-state index contributed by atoms with van der Waals surface area (Å²) in [7, 11) is -6.00. The smallest absolute Gasteiger partial charge is 0.418 e. The minimum absolute atomic E-state index is 1.21. The van der Waals surface area contributed by atoms with Gasteiger partial charge in [-0.2, -0.15) is 0 Å². The molecule has 1 aromatic rings. The Morgan fingerprint density at radius 2 is 1.75 bits per heavy atom. The first-order valence-electron chi connectivity index (χ1n) is 3.13. The van der Waals surface area contributed by atoms with Gasteiger partial charge in [-0.1, -0.05) is 6.07 Å². The average Bonchev–Trinajstić information content (AvgIpc) is 1.85. The quantitative estimate of drug-likeness (QED) is 0.441. The fraction of sp³-hybridized carbons (Fsp3) is 0.167. The number of nitrogens with zero attached hydrogens (tertiary/aromatic N) is 1. The lowest BCUT2D eigenvalue weighted by Crippen LogP contribution is -2.02. The lowest BCUT2D eigenvalue weighted by atomic mass is 10.3. The maximum atomic E-state index is 9.75. The normalized spacial score (nSPS) is 10.1. The van der Waals surface area contributed by atoms with E-state index in [9.17, 15) is 17.3 Å². The van der Waals surface area contributed by atoms with Crippen LogP contribution in [0.15, 0.2) is 24.5 Å². The fourth-order valence-corrected chi connectivity index (χ4v) is 0.448. The van der Waals surface area contributed by atoms with Crippen LogP contribution in [0.5, 0.6) is 0 Å². The van der Waals surface area contributed by atoms with Gasteiger partial charge in [-0.25, -0.2) is 0 Å². The summed E-state index contributed by atoms with van der Waals surface area (Å²) in [6.07, 6.45) is 3.60. The van der Waals surface area contributed by atoms with Crippen LogP contribution in [0.4, 0.5) is 17.3 Å². The van der Waals surface area contributed by atoms with Crippen molar-refractivity contribution in [2.24, 2.45) is 0 Å². The Labute approximate surface area is 67.5 Å². The molecule has 0 saturated carbocycles. The second-order valence-electron chi connectivity index (χ2n) is 2.03. The van der Waals surface area contributed by atoms with Crippen LogP contribution in [0.2, 0.25) is 0 Å². The third-order valence-corrected chi connectivity index (χ3v) is 0.809. The molecule has 1 rings (SSSR count). The second-order valence-corrected chi connectivity index (χ2v) is 2.03. The molecule has 0 amide bonds. The molecule has 0 atom stereocenters. The van der Waals surface area contributed by atoms with Gasteiger partial charge in [0.05, 0.1) is 0 Å². The van der Waals surface area contributed by atoms with Crippen LogP contribution in [0, 0.1) is 6.92 Å². The van der Waals surface area contributed by atoms with Crippen molar-refractivity contribution in [2.45, 2.75) is 6.92 Å². The third-order valence-electron chi connectivity index (χ3n) is 0.809. The zero-order valence-electron chi connectivity index (χ0n) is 6.35. The van der Waals surface area contributed by atoms with Gasteiger partial charge in [-0.05, 0) is 18.6 Å². The first-order chi connectivity index (χ1) is 5.39. The summed E-state index contributed by atoms with van der Waals surface area (Å²) in [5, 5.41) is 0. The van der Waals surface area contributed by atoms with E-state index in [1.807, 2.05) is 25.3 Å². The van der Waals surface area contributed by atoms with Gasteiger partial charge in [0.1, 0.15) is 0 Å². The van der Waals surface area contributed by atoms with Crippen LogP contribution >= 0.6 is 0 Å². The Bertz CT molecular complexity index is 205. The molecule has 0 radical (unpaired) electrons. The molecule has 1 heterocycles. The van der Waals surface area contributed by atoms with E-state index in [0.29, 0.717) is 0 Å².